The summed E-state index contributed by atoms with van der Waals surface area (Å²) in [5.41, 5.74) is 1.10. The molecular weight excluding hydrogens is 260 g/mol. The second-order valence-electron chi connectivity index (χ2n) is 4.76. The van der Waals surface area contributed by atoms with E-state index >= 15 is 0 Å². The minimum Gasteiger partial charge on any atom is -0.478 e. The van der Waals surface area contributed by atoms with Crippen molar-refractivity contribution < 1.29 is 9.90 Å². The third kappa shape index (κ3) is 3.88. The van der Waals surface area contributed by atoms with E-state index in [1.807, 2.05) is 0 Å². The fourth-order valence-electron chi connectivity index (χ4n) is 2.01. The van der Waals surface area contributed by atoms with E-state index < -0.39 is 5.97 Å². The molecule has 1 heterocycles. The molecule has 1 N–H and O–H groups in total. The maximum atomic E-state index is 10.6. The molecule has 0 atom stereocenters. The molecule has 0 saturated heterocycles. The molecule has 19 heavy (non-hydrogen) atoms. The zero-order valence-corrected chi connectivity index (χ0v) is 12.2. The van der Waals surface area contributed by atoms with E-state index in [0.29, 0.717) is 5.92 Å². The van der Waals surface area contributed by atoms with Crippen LogP contribution < -0.4 is 0 Å². The van der Waals surface area contributed by atoms with Crippen LogP contribution in [0.3, 0.4) is 0 Å². The molecule has 0 bridgehead atoms. The predicted molar refractivity (Wildman–Crippen MR) is 77.4 cm³/mol. The smallest absolute Gasteiger partial charge is 0.328 e. The molecule has 1 aliphatic rings. The van der Waals surface area contributed by atoms with Crippen molar-refractivity contribution >= 4 is 23.4 Å². The molecule has 0 aromatic carbocycles. The Morgan fingerprint density at radius 3 is 2.68 bits per heavy atom. The predicted octanol–water partition coefficient (Wildman–Crippen LogP) is 2.96. The van der Waals surface area contributed by atoms with Crippen LogP contribution in [0.2, 0.25) is 0 Å². The summed E-state index contributed by atoms with van der Waals surface area (Å²) in [5, 5.41) is 9.83. The molecule has 0 unspecified atom stereocenters. The lowest BCUT2D eigenvalue weighted by Crippen LogP contribution is -2.21. The van der Waals surface area contributed by atoms with E-state index in [9.17, 15) is 4.79 Å². The summed E-state index contributed by atoms with van der Waals surface area (Å²) in [6.45, 7) is 7.16. The van der Waals surface area contributed by atoms with Crippen molar-refractivity contribution in [3.63, 3.8) is 0 Å². The Bertz CT molecular complexity index is 474. The molecule has 0 amide bonds. The van der Waals surface area contributed by atoms with Gasteiger partial charge in [0.05, 0.1) is 17.1 Å². The van der Waals surface area contributed by atoms with E-state index in [1.54, 1.807) is 17.4 Å². The third-order valence-electron chi connectivity index (χ3n) is 3.32. The van der Waals surface area contributed by atoms with Gasteiger partial charge in [-0.3, -0.25) is 4.90 Å². The quantitative estimate of drug-likeness (QED) is 0.780. The summed E-state index contributed by atoms with van der Waals surface area (Å²) in [6.07, 6.45) is 5.27. The van der Waals surface area contributed by atoms with Crippen LogP contribution in [-0.4, -0.2) is 34.0 Å². The zero-order chi connectivity index (χ0) is 13.8. The first kappa shape index (κ1) is 14.2. The molecule has 0 spiro atoms. The van der Waals surface area contributed by atoms with E-state index in [-0.39, 0.29) is 0 Å². The number of carboxylic acid groups (broad SMARTS) is 1. The Morgan fingerprint density at radius 2 is 2.16 bits per heavy atom. The van der Waals surface area contributed by atoms with Gasteiger partial charge in [0.2, 0.25) is 0 Å². The van der Waals surface area contributed by atoms with Crippen LogP contribution in [0, 0.1) is 0 Å². The summed E-state index contributed by atoms with van der Waals surface area (Å²) in [5.74, 6) is -0.351. The van der Waals surface area contributed by atoms with E-state index in [0.717, 1.165) is 35.2 Å². The number of hydrogen-bond donors (Lipinski definition) is 1. The molecule has 1 aliphatic carbocycles. The molecule has 2 rings (SSSR count). The van der Waals surface area contributed by atoms with Gasteiger partial charge in [-0.1, -0.05) is 13.8 Å². The topological polar surface area (TPSA) is 53.4 Å². The minimum atomic E-state index is -0.902. The van der Waals surface area contributed by atoms with Gasteiger partial charge in [-0.25, -0.2) is 9.78 Å². The first-order valence-electron chi connectivity index (χ1n) is 6.77. The lowest BCUT2D eigenvalue weighted by Gasteiger charge is -2.15. The Balaban J connectivity index is 2.17. The Labute approximate surface area is 117 Å². The van der Waals surface area contributed by atoms with Crippen molar-refractivity contribution in [1.82, 2.24) is 9.88 Å². The standard InChI is InChI=1S/C14H20N2O2S/c1-3-16(4-2)9-12-15-14(10-5-6-10)11(19-12)7-8-13(17)18/h7-8,10H,3-6,9H2,1-2H3,(H,17,18)/b8-7+. The Morgan fingerprint density at radius 1 is 1.47 bits per heavy atom. The van der Waals surface area contributed by atoms with Gasteiger partial charge in [0.15, 0.2) is 0 Å². The first-order chi connectivity index (χ1) is 9.13. The summed E-state index contributed by atoms with van der Waals surface area (Å²) in [7, 11) is 0. The number of thiazole rings is 1. The number of carboxylic acids is 1. The van der Waals surface area contributed by atoms with Gasteiger partial charge < -0.3 is 5.11 Å². The normalized spacial score (nSPS) is 15.5. The van der Waals surface area contributed by atoms with E-state index in [1.165, 1.54) is 18.9 Å². The highest BCUT2D eigenvalue weighted by molar-refractivity contribution is 7.12. The van der Waals surface area contributed by atoms with Gasteiger partial charge in [0, 0.05) is 12.0 Å². The fraction of sp³-hybridized carbons (Fsp3) is 0.571. The average molecular weight is 280 g/mol. The first-order valence-corrected chi connectivity index (χ1v) is 7.58. The molecule has 5 heteroatoms. The van der Waals surface area contributed by atoms with Crippen molar-refractivity contribution in [3.05, 3.63) is 21.7 Å². The highest BCUT2D eigenvalue weighted by Gasteiger charge is 2.29. The average Bonchev–Trinajstić information content (AvgIpc) is 3.15. The lowest BCUT2D eigenvalue weighted by atomic mass is 10.2. The van der Waals surface area contributed by atoms with Crippen LogP contribution in [0.25, 0.3) is 6.08 Å². The summed E-state index contributed by atoms with van der Waals surface area (Å²) in [4.78, 5) is 18.7. The molecule has 1 saturated carbocycles. The maximum absolute atomic E-state index is 10.6. The van der Waals surface area contributed by atoms with Crippen molar-refractivity contribution in [1.29, 1.82) is 0 Å². The molecular formula is C14H20N2O2S. The summed E-state index contributed by atoms with van der Waals surface area (Å²) < 4.78 is 0. The van der Waals surface area contributed by atoms with Crippen molar-refractivity contribution in [2.24, 2.45) is 0 Å². The lowest BCUT2D eigenvalue weighted by molar-refractivity contribution is -0.131. The van der Waals surface area contributed by atoms with Crippen molar-refractivity contribution in [3.8, 4) is 0 Å². The zero-order valence-electron chi connectivity index (χ0n) is 11.4. The number of nitrogens with zero attached hydrogens (tertiary/aromatic N) is 2. The monoisotopic (exact) mass is 280 g/mol. The van der Waals surface area contributed by atoms with Gasteiger partial charge in [0.1, 0.15) is 5.01 Å². The van der Waals surface area contributed by atoms with Crippen LogP contribution in [0.1, 0.15) is 48.2 Å². The maximum Gasteiger partial charge on any atom is 0.328 e. The molecule has 0 aliphatic heterocycles. The van der Waals surface area contributed by atoms with E-state index in [2.05, 4.69) is 18.7 Å². The number of carbonyl (C=O) groups is 1. The molecule has 1 fully saturated rings. The number of hydrogen-bond acceptors (Lipinski definition) is 4. The highest BCUT2D eigenvalue weighted by Crippen LogP contribution is 2.43. The van der Waals surface area contributed by atoms with Gasteiger partial charge in [-0.15, -0.1) is 11.3 Å². The molecule has 0 radical (unpaired) electrons. The van der Waals surface area contributed by atoms with Crippen LogP contribution in [-0.2, 0) is 11.3 Å². The highest BCUT2D eigenvalue weighted by atomic mass is 32.1. The molecule has 1 aromatic rings. The number of aliphatic carboxylic acids is 1. The number of aromatic nitrogens is 1. The molecule has 104 valence electrons. The van der Waals surface area contributed by atoms with Crippen LogP contribution in [0.5, 0.6) is 0 Å². The largest absolute Gasteiger partial charge is 0.478 e. The Kier molecular flexibility index (Phi) is 4.71. The summed E-state index contributed by atoms with van der Waals surface area (Å²) >= 11 is 1.63. The van der Waals surface area contributed by atoms with Gasteiger partial charge in [-0.2, -0.15) is 0 Å². The van der Waals surface area contributed by atoms with Crippen LogP contribution >= 0.6 is 11.3 Å². The van der Waals surface area contributed by atoms with Gasteiger partial charge in [-0.05, 0) is 32.0 Å². The van der Waals surface area contributed by atoms with Gasteiger partial charge >= 0.3 is 5.97 Å². The van der Waals surface area contributed by atoms with Gasteiger partial charge in [0.25, 0.3) is 0 Å². The van der Waals surface area contributed by atoms with Crippen molar-refractivity contribution in [2.45, 2.75) is 39.2 Å². The van der Waals surface area contributed by atoms with Crippen LogP contribution in [0.4, 0.5) is 0 Å². The third-order valence-corrected chi connectivity index (χ3v) is 4.34. The van der Waals surface area contributed by atoms with Crippen molar-refractivity contribution in [2.75, 3.05) is 13.1 Å². The fourth-order valence-corrected chi connectivity index (χ4v) is 3.11. The molecule has 4 nitrogen and oxygen atoms in total. The number of rotatable bonds is 7. The second-order valence-corrected chi connectivity index (χ2v) is 5.88. The molecule has 1 aromatic heterocycles. The second kappa shape index (κ2) is 6.30. The SMILES string of the molecule is CCN(CC)Cc1nc(C2CC2)c(/C=C/C(=O)O)s1. The minimum absolute atomic E-state index is 0.551. The Hall–Kier alpha value is -1.20. The van der Waals surface area contributed by atoms with Crippen LogP contribution in [0.15, 0.2) is 6.08 Å². The van der Waals surface area contributed by atoms with E-state index in [4.69, 9.17) is 10.1 Å². The summed E-state index contributed by atoms with van der Waals surface area (Å²) in [6, 6.07) is 0.